The summed E-state index contributed by atoms with van der Waals surface area (Å²) in [4.78, 5) is 22.2. The third-order valence-electron chi connectivity index (χ3n) is 3.43. The second-order valence-electron chi connectivity index (χ2n) is 4.91. The SMILES string of the molecule is CS(=O)(=O)c1ncc2[nH]c(=O)n(C3CC(C#N)C3)c2n1. The normalized spacial score (nSPS) is 22.4. The Kier molecular flexibility index (Phi) is 2.65. The zero-order chi connectivity index (χ0) is 14.5. The molecule has 1 fully saturated rings. The Labute approximate surface area is 114 Å². The molecule has 8 nitrogen and oxygen atoms in total. The average Bonchev–Trinajstić information content (AvgIpc) is 2.63. The maximum atomic E-state index is 11.9. The Morgan fingerprint density at radius 1 is 1.50 bits per heavy atom. The summed E-state index contributed by atoms with van der Waals surface area (Å²) in [6.07, 6.45) is 3.44. The van der Waals surface area contributed by atoms with E-state index in [1.165, 1.54) is 10.8 Å². The van der Waals surface area contributed by atoms with Gasteiger partial charge in [0.15, 0.2) is 5.65 Å². The molecule has 9 heteroatoms. The lowest BCUT2D eigenvalue weighted by Crippen LogP contribution is -2.32. The van der Waals surface area contributed by atoms with Crippen molar-refractivity contribution in [3.05, 3.63) is 16.7 Å². The first-order valence-electron chi connectivity index (χ1n) is 5.97. The van der Waals surface area contributed by atoms with Crippen molar-refractivity contribution in [2.45, 2.75) is 24.0 Å². The summed E-state index contributed by atoms with van der Waals surface area (Å²) in [5.41, 5.74) is 0.302. The smallest absolute Gasteiger partial charge is 0.303 e. The van der Waals surface area contributed by atoms with Crippen LogP contribution in [0.3, 0.4) is 0 Å². The van der Waals surface area contributed by atoms with Gasteiger partial charge in [-0.15, -0.1) is 0 Å². The zero-order valence-electron chi connectivity index (χ0n) is 10.6. The van der Waals surface area contributed by atoms with Gasteiger partial charge in [-0.25, -0.2) is 18.2 Å². The molecule has 0 saturated heterocycles. The molecule has 20 heavy (non-hydrogen) atoms. The van der Waals surface area contributed by atoms with E-state index in [-0.39, 0.29) is 28.5 Å². The number of sulfone groups is 1. The quantitative estimate of drug-likeness (QED) is 0.778. The number of nitriles is 1. The predicted molar refractivity (Wildman–Crippen MR) is 68.6 cm³/mol. The van der Waals surface area contributed by atoms with E-state index in [1.54, 1.807) is 0 Å². The van der Waals surface area contributed by atoms with Gasteiger partial charge in [-0.05, 0) is 12.8 Å². The van der Waals surface area contributed by atoms with Crippen molar-refractivity contribution < 1.29 is 8.42 Å². The van der Waals surface area contributed by atoms with Crippen LogP contribution in [0.15, 0.2) is 16.1 Å². The van der Waals surface area contributed by atoms with Crippen molar-refractivity contribution in [2.24, 2.45) is 5.92 Å². The third kappa shape index (κ3) is 1.89. The molecule has 0 unspecified atom stereocenters. The summed E-state index contributed by atoms with van der Waals surface area (Å²) < 4.78 is 24.4. The molecule has 0 bridgehead atoms. The van der Waals surface area contributed by atoms with Crippen molar-refractivity contribution in [3.8, 4) is 6.07 Å². The van der Waals surface area contributed by atoms with Gasteiger partial charge in [0, 0.05) is 12.3 Å². The van der Waals surface area contributed by atoms with Crippen LogP contribution in [0.5, 0.6) is 0 Å². The number of hydrogen-bond acceptors (Lipinski definition) is 6. The molecule has 1 N–H and O–H groups in total. The van der Waals surface area contributed by atoms with Crippen molar-refractivity contribution in [1.82, 2.24) is 19.5 Å². The number of aromatic nitrogens is 4. The van der Waals surface area contributed by atoms with Crippen molar-refractivity contribution in [2.75, 3.05) is 6.26 Å². The van der Waals surface area contributed by atoms with Crippen LogP contribution in [0.25, 0.3) is 11.2 Å². The molecule has 2 aromatic heterocycles. The van der Waals surface area contributed by atoms with Gasteiger partial charge in [-0.1, -0.05) is 0 Å². The molecular formula is C11H11N5O3S. The van der Waals surface area contributed by atoms with Crippen molar-refractivity contribution in [3.63, 3.8) is 0 Å². The van der Waals surface area contributed by atoms with Crippen molar-refractivity contribution in [1.29, 1.82) is 5.26 Å². The lowest BCUT2D eigenvalue weighted by Gasteiger charge is -2.30. The average molecular weight is 293 g/mol. The van der Waals surface area contributed by atoms with Crippen LogP contribution in [0.4, 0.5) is 0 Å². The first kappa shape index (κ1) is 12.8. The van der Waals surface area contributed by atoms with Gasteiger partial charge in [-0.2, -0.15) is 10.2 Å². The van der Waals surface area contributed by atoms with Crippen LogP contribution < -0.4 is 5.69 Å². The molecular weight excluding hydrogens is 282 g/mol. The summed E-state index contributed by atoms with van der Waals surface area (Å²) in [6, 6.07) is 2.02. The number of rotatable bonds is 2. The Balaban J connectivity index is 2.15. The monoisotopic (exact) mass is 293 g/mol. The Morgan fingerprint density at radius 2 is 2.20 bits per heavy atom. The van der Waals surface area contributed by atoms with Crippen LogP contribution in [-0.4, -0.2) is 34.2 Å². The lowest BCUT2D eigenvalue weighted by molar-refractivity contribution is 0.248. The molecule has 3 rings (SSSR count). The highest BCUT2D eigenvalue weighted by Gasteiger charge is 2.33. The maximum Gasteiger partial charge on any atom is 0.327 e. The first-order chi connectivity index (χ1) is 9.40. The highest BCUT2D eigenvalue weighted by atomic mass is 32.2. The number of imidazole rings is 1. The van der Waals surface area contributed by atoms with Gasteiger partial charge < -0.3 is 4.98 Å². The van der Waals surface area contributed by atoms with E-state index in [9.17, 15) is 13.2 Å². The van der Waals surface area contributed by atoms with Gasteiger partial charge in [-0.3, -0.25) is 4.57 Å². The van der Waals surface area contributed by atoms with Crippen molar-refractivity contribution >= 4 is 21.0 Å². The van der Waals surface area contributed by atoms with E-state index in [0.29, 0.717) is 18.4 Å². The molecule has 1 saturated carbocycles. The van der Waals surface area contributed by atoms with E-state index in [0.717, 1.165) is 6.26 Å². The fraction of sp³-hybridized carbons (Fsp3) is 0.455. The van der Waals surface area contributed by atoms with Gasteiger partial charge in [0.2, 0.25) is 15.0 Å². The number of nitrogens with one attached hydrogen (secondary N) is 1. The van der Waals surface area contributed by atoms with Gasteiger partial charge in [0.25, 0.3) is 0 Å². The fourth-order valence-electron chi connectivity index (χ4n) is 2.32. The number of nitrogens with zero attached hydrogens (tertiary/aromatic N) is 4. The molecule has 0 amide bonds. The lowest BCUT2D eigenvalue weighted by atomic mass is 9.81. The first-order valence-corrected chi connectivity index (χ1v) is 7.86. The predicted octanol–water partition coefficient (Wildman–Crippen LogP) is -0.00222. The molecule has 104 valence electrons. The number of aromatic amines is 1. The van der Waals surface area contributed by atoms with E-state index in [1.807, 2.05) is 0 Å². The Morgan fingerprint density at radius 3 is 2.80 bits per heavy atom. The highest BCUT2D eigenvalue weighted by Crippen LogP contribution is 2.37. The molecule has 2 aromatic rings. The molecule has 2 heterocycles. The number of hydrogen-bond donors (Lipinski definition) is 1. The number of fused-ring (bicyclic) bond motifs is 1. The van der Waals surface area contributed by atoms with E-state index in [2.05, 4.69) is 21.0 Å². The van der Waals surface area contributed by atoms with Gasteiger partial charge in [0.05, 0.1) is 18.2 Å². The van der Waals surface area contributed by atoms with Gasteiger partial charge >= 0.3 is 5.69 Å². The second kappa shape index (κ2) is 4.14. The Bertz CT molecular complexity index is 883. The summed E-state index contributed by atoms with van der Waals surface area (Å²) >= 11 is 0. The van der Waals surface area contributed by atoms with E-state index < -0.39 is 9.84 Å². The van der Waals surface area contributed by atoms with Crippen LogP contribution in [0.1, 0.15) is 18.9 Å². The standard InChI is InChI=1S/C11H11N5O3S/c1-20(18,19)10-13-5-8-9(15-10)16(11(17)14-8)7-2-6(3-7)4-12/h5-7H,2-3H2,1H3,(H,14,17). The zero-order valence-corrected chi connectivity index (χ0v) is 11.4. The molecule has 1 aliphatic carbocycles. The Hall–Kier alpha value is -2.21. The second-order valence-corrected chi connectivity index (χ2v) is 6.82. The highest BCUT2D eigenvalue weighted by molar-refractivity contribution is 7.90. The molecule has 0 spiro atoms. The molecule has 0 aliphatic heterocycles. The van der Waals surface area contributed by atoms with Crippen LogP contribution in [-0.2, 0) is 9.84 Å². The summed E-state index contributed by atoms with van der Waals surface area (Å²) in [5.74, 6) is -0.0620. The fourth-order valence-corrected chi connectivity index (χ4v) is 2.82. The molecule has 0 aromatic carbocycles. The molecule has 1 aliphatic rings. The summed E-state index contributed by atoms with van der Waals surface area (Å²) in [5, 5.41) is 8.47. The minimum Gasteiger partial charge on any atom is -0.303 e. The van der Waals surface area contributed by atoms with Crippen LogP contribution in [0, 0.1) is 17.2 Å². The molecule has 0 atom stereocenters. The maximum absolute atomic E-state index is 11.9. The minimum atomic E-state index is -3.54. The van der Waals surface area contributed by atoms with Crippen LogP contribution >= 0.6 is 0 Å². The summed E-state index contributed by atoms with van der Waals surface area (Å²) in [6.45, 7) is 0. The van der Waals surface area contributed by atoms with E-state index >= 15 is 0 Å². The largest absolute Gasteiger partial charge is 0.327 e. The third-order valence-corrected chi connectivity index (χ3v) is 4.29. The summed E-state index contributed by atoms with van der Waals surface area (Å²) in [7, 11) is -3.54. The van der Waals surface area contributed by atoms with Gasteiger partial charge in [0.1, 0.15) is 5.52 Å². The van der Waals surface area contributed by atoms with E-state index in [4.69, 9.17) is 5.26 Å². The molecule has 0 radical (unpaired) electrons. The van der Waals surface area contributed by atoms with Crippen LogP contribution in [0.2, 0.25) is 0 Å². The topological polar surface area (TPSA) is 121 Å². The number of H-pyrrole nitrogens is 1. The minimum absolute atomic E-state index is 0.0620.